The molecule has 1 atom stereocenters. The highest BCUT2D eigenvalue weighted by Gasteiger charge is 2.21. The first kappa shape index (κ1) is 15.1. The molecule has 5 heteroatoms. The van der Waals surface area contributed by atoms with Crippen LogP contribution >= 0.6 is 27.7 Å². The van der Waals surface area contributed by atoms with Crippen molar-refractivity contribution in [2.24, 2.45) is 0 Å². The van der Waals surface area contributed by atoms with Gasteiger partial charge in [-0.15, -0.1) is 0 Å². The van der Waals surface area contributed by atoms with Gasteiger partial charge in [0.1, 0.15) is 11.6 Å². The molecule has 0 amide bonds. The SMILES string of the molecule is CCCNc1nc(C2CCCCS2)nc(CC)c1Br. The first-order valence-corrected chi connectivity index (χ1v) is 9.02. The molecule has 2 rings (SSSR count). The predicted molar refractivity (Wildman–Crippen MR) is 86.9 cm³/mol. The largest absolute Gasteiger partial charge is 0.369 e. The van der Waals surface area contributed by atoms with Crippen LogP contribution in [0.5, 0.6) is 0 Å². The van der Waals surface area contributed by atoms with Crippen LogP contribution in [0.15, 0.2) is 4.47 Å². The molecule has 106 valence electrons. The van der Waals surface area contributed by atoms with E-state index < -0.39 is 0 Å². The lowest BCUT2D eigenvalue weighted by Crippen LogP contribution is -2.12. The summed E-state index contributed by atoms with van der Waals surface area (Å²) in [5.74, 6) is 3.22. The lowest BCUT2D eigenvalue weighted by Gasteiger charge is -2.21. The van der Waals surface area contributed by atoms with E-state index in [0.29, 0.717) is 5.25 Å². The summed E-state index contributed by atoms with van der Waals surface area (Å²) in [6.07, 6.45) is 5.89. The van der Waals surface area contributed by atoms with Crippen LogP contribution in [-0.4, -0.2) is 22.3 Å². The summed E-state index contributed by atoms with van der Waals surface area (Å²) in [6, 6.07) is 0. The van der Waals surface area contributed by atoms with Crippen molar-refractivity contribution in [1.29, 1.82) is 0 Å². The predicted octanol–water partition coefficient (Wildman–Crippen LogP) is 4.58. The smallest absolute Gasteiger partial charge is 0.144 e. The van der Waals surface area contributed by atoms with Gasteiger partial charge in [-0.3, -0.25) is 0 Å². The van der Waals surface area contributed by atoms with E-state index in [9.17, 15) is 0 Å². The number of hydrogen-bond donors (Lipinski definition) is 1. The van der Waals surface area contributed by atoms with Crippen molar-refractivity contribution in [3.05, 3.63) is 16.0 Å². The molecule has 1 aliphatic heterocycles. The van der Waals surface area contributed by atoms with Gasteiger partial charge in [0.15, 0.2) is 0 Å². The highest BCUT2D eigenvalue weighted by Crippen LogP contribution is 2.38. The van der Waals surface area contributed by atoms with Crippen LogP contribution in [0.4, 0.5) is 5.82 Å². The second kappa shape index (κ2) is 7.48. The van der Waals surface area contributed by atoms with Crippen LogP contribution in [0.2, 0.25) is 0 Å². The lowest BCUT2D eigenvalue weighted by atomic mass is 10.1. The van der Waals surface area contributed by atoms with E-state index >= 15 is 0 Å². The molecule has 1 N–H and O–H groups in total. The molecule has 1 aromatic heterocycles. The van der Waals surface area contributed by atoms with Gasteiger partial charge in [0.2, 0.25) is 0 Å². The molecule has 0 radical (unpaired) electrons. The van der Waals surface area contributed by atoms with Crippen LogP contribution in [0.3, 0.4) is 0 Å². The number of anilines is 1. The Labute approximate surface area is 128 Å². The quantitative estimate of drug-likeness (QED) is 0.848. The minimum atomic E-state index is 0.481. The normalized spacial score (nSPS) is 19.4. The van der Waals surface area contributed by atoms with Crippen molar-refractivity contribution in [3.8, 4) is 0 Å². The molecule has 1 aromatic rings. The van der Waals surface area contributed by atoms with E-state index in [0.717, 1.165) is 41.2 Å². The first-order chi connectivity index (χ1) is 9.26. The maximum absolute atomic E-state index is 4.76. The molecule has 19 heavy (non-hydrogen) atoms. The maximum Gasteiger partial charge on any atom is 0.144 e. The minimum absolute atomic E-state index is 0.481. The number of rotatable bonds is 5. The van der Waals surface area contributed by atoms with Crippen molar-refractivity contribution < 1.29 is 0 Å². The fraction of sp³-hybridized carbons (Fsp3) is 0.714. The number of aryl methyl sites for hydroxylation is 1. The molecule has 1 aliphatic rings. The zero-order chi connectivity index (χ0) is 13.7. The van der Waals surface area contributed by atoms with Crippen LogP contribution in [-0.2, 0) is 6.42 Å². The van der Waals surface area contributed by atoms with E-state index in [2.05, 4.69) is 35.1 Å². The van der Waals surface area contributed by atoms with Crippen LogP contribution < -0.4 is 5.32 Å². The summed E-state index contributed by atoms with van der Waals surface area (Å²) in [6.45, 7) is 5.27. The Morgan fingerprint density at radius 3 is 2.79 bits per heavy atom. The molecule has 0 aromatic carbocycles. The lowest BCUT2D eigenvalue weighted by molar-refractivity contribution is 0.658. The van der Waals surface area contributed by atoms with Gasteiger partial charge in [0.25, 0.3) is 0 Å². The second-order valence-electron chi connectivity index (χ2n) is 4.83. The van der Waals surface area contributed by atoms with Crippen LogP contribution in [0, 0.1) is 0 Å². The minimum Gasteiger partial charge on any atom is -0.369 e. The Morgan fingerprint density at radius 1 is 1.32 bits per heavy atom. The third-order valence-corrected chi connectivity index (χ3v) is 5.49. The molecule has 1 fully saturated rings. The fourth-order valence-electron chi connectivity index (χ4n) is 2.20. The number of halogens is 1. The Balaban J connectivity index is 2.26. The van der Waals surface area contributed by atoms with E-state index in [-0.39, 0.29) is 0 Å². The summed E-state index contributed by atoms with van der Waals surface area (Å²) in [7, 11) is 0. The molecule has 1 saturated heterocycles. The topological polar surface area (TPSA) is 37.8 Å². The summed E-state index contributed by atoms with van der Waals surface area (Å²) in [4.78, 5) is 9.52. The number of aromatic nitrogens is 2. The zero-order valence-electron chi connectivity index (χ0n) is 11.7. The van der Waals surface area contributed by atoms with E-state index in [1.54, 1.807) is 0 Å². The van der Waals surface area contributed by atoms with Gasteiger partial charge in [-0.05, 0) is 47.4 Å². The van der Waals surface area contributed by atoms with Crippen LogP contribution in [0.25, 0.3) is 0 Å². The number of nitrogens with one attached hydrogen (secondary N) is 1. The average Bonchev–Trinajstić information content (AvgIpc) is 2.47. The molecule has 2 heterocycles. The third kappa shape index (κ3) is 3.85. The molecule has 1 unspecified atom stereocenters. The van der Waals surface area contributed by atoms with Crippen LogP contribution in [0.1, 0.15) is 56.3 Å². The molecule has 0 bridgehead atoms. The van der Waals surface area contributed by atoms with E-state index in [1.807, 2.05) is 11.8 Å². The highest BCUT2D eigenvalue weighted by atomic mass is 79.9. The van der Waals surface area contributed by atoms with Gasteiger partial charge in [-0.1, -0.05) is 20.3 Å². The summed E-state index contributed by atoms with van der Waals surface area (Å²) >= 11 is 5.64. The average molecular weight is 344 g/mol. The zero-order valence-corrected chi connectivity index (χ0v) is 14.1. The van der Waals surface area contributed by atoms with Gasteiger partial charge in [-0.25, -0.2) is 9.97 Å². The van der Waals surface area contributed by atoms with Gasteiger partial charge in [-0.2, -0.15) is 11.8 Å². The standard InChI is InChI=1S/C14H22BrN3S/c1-3-8-16-14-12(15)10(4-2)17-13(18-14)11-7-5-6-9-19-11/h11H,3-9H2,1-2H3,(H,16,17,18). The Bertz CT molecular complexity index is 419. The fourth-order valence-corrected chi connectivity index (χ4v) is 4.04. The van der Waals surface area contributed by atoms with E-state index in [1.165, 1.54) is 25.0 Å². The molecule has 0 aliphatic carbocycles. The number of nitrogens with zero attached hydrogens (tertiary/aromatic N) is 2. The Hall–Kier alpha value is -0.290. The van der Waals surface area contributed by atoms with Crippen molar-refractivity contribution >= 4 is 33.5 Å². The van der Waals surface area contributed by atoms with Gasteiger partial charge in [0, 0.05) is 6.54 Å². The number of hydrogen-bond acceptors (Lipinski definition) is 4. The highest BCUT2D eigenvalue weighted by molar-refractivity contribution is 9.10. The summed E-state index contributed by atoms with van der Waals surface area (Å²) in [5, 5.41) is 3.89. The van der Waals surface area contributed by atoms with Crippen molar-refractivity contribution in [3.63, 3.8) is 0 Å². The Kier molecular flexibility index (Phi) is 5.95. The third-order valence-electron chi connectivity index (χ3n) is 3.28. The summed E-state index contributed by atoms with van der Waals surface area (Å²) in [5.41, 5.74) is 1.12. The molecule has 0 spiro atoms. The van der Waals surface area contributed by atoms with Gasteiger partial charge in [0.05, 0.1) is 15.4 Å². The van der Waals surface area contributed by atoms with Gasteiger partial charge < -0.3 is 5.32 Å². The van der Waals surface area contributed by atoms with Crippen molar-refractivity contribution in [2.75, 3.05) is 17.6 Å². The molecule has 0 saturated carbocycles. The Morgan fingerprint density at radius 2 is 2.16 bits per heavy atom. The molecular formula is C14H22BrN3S. The van der Waals surface area contributed by atoms with E-state index in [4.69, 9.17) is 9.97 Å². The van der Waals surface area contributed by atoms with Crippen molar-refractivity contribution in [2.45, 2.75) is 51.2 Å². The maximum atomic E-state index is 4.76. The molecule has 3 nitrogen and oxygen atoms in total. The summed E-state index contributed by atoms with van der Waals surface area (Å²) < 4.78 is 1.04. The second-order valence-corrected chi connectivity index (χ2v) is 6.93. The monoisotopic (exact) mass is 343 g/mol. The van der Waals surface area contributed by atoms with Crippen molar-refractivity contribution in [1.82, 2.24) is 9.97 Å². The molecular weight excluding hydrogens is 322 g/mol. The first-order valence-electron chi connectivity index (χ1n) is 7.18. The number of thioether (sulfide) groups is 1. The van der Waals surface area contributed by atoms with Gasteiger partial charge >= 0.3 is 0 Å².